The minimum atomic E-state index is 0.287. The van der Waals surface area contributed by atoms with Crippen molar-refractivity contribution in [3.8, 4) is 17.0 Å². The Kier molecular flexibility index (Phi) is 6.47. The van der Waals surface area contributed by atoms with Gasteiger partial charge in [0.05, 0.1) is 12.7 Å². The topological polar surface area (TPSA) is 77.9 Å². The lowest BCUT2D eigenvalue weighted by atomic mass is 9.81. The molecule has 2 heterocycles. The van der Waals surface area contributed by atoms with Gasteiger partial charge in [-0.2, -0.15) is 0 Å². The summed E-state index contributed by atoms with van der Waals surface area (Å²) < 4.78 is 14.2. The first-order valence-corrected chi connectivity index (χ1v) is 11.7. The first-order chi connectivity index (χ1) is 16.6. The van der Waals surface area contributed by atoms with Gasteiger partial charge in [0, 0.05) is 30.4 Å². The second-order valence-corrected chi connectivity index (χ2v) is 9.12. The zero-order valence-electron chi connectivity index (χ0n) is 19.7. The molecule has 0 aliphatic heterocycles. The van der Waals surface area contributed by atoms with Crippen molar-refractivity contribution in [2.45, 2.75) is 31.5 Å². The largest absolute Gasteiger partial charge is 0.489 e. The van der Waals surface area contributed by atoms with Gasteiger partial charge in [-0.05, 0) is 44.6 Å². The number of fused-ring (bicyclic) bond motifs is 1. The second-order valence-electron chi connectivity index (χ2n) is 9.12. The second kappa shape index (κ2) is 9.83. The summed E-state index contributed by atoms with van der Waals surface area (Å²) in [5.41, 5.74) is 10.1. The van der Waals surface area contributed by atoms with Crippen molar-refractivity contribution < 1.29 is 9.47 Å². The normalized spacial score (nSPS) is 17.7. The van der Waals surface area contributed by atoms with Crippen molar-refractivity contribution in [1.29, 1.82) is 0 Å². The molecule has 34 heavy (non-hydrogen) atoms. The fourth-order valence-corrected chi connectivity index (χ4v) is 4.36. The summed E-state index contributed by atoms with van der Waals surface area (Å²) in [7, 11) is 4.12. The Labute approximate surface area is 200 Å². The average Bonchev–Trinajstić information content (AvgIpc) is 3.20. The van der Waals surface area contributed by atoms with Gasteiger partial charge >= 0.3 is 0 Å². The third-order valence-corrected chi connectivity index (χ3v) is 6.32. The van der Waals surface area contributed by atoms with Gasteiger partial charge in [-0.3, -0.25) is 4.40 Å². The van der Waals surface area contributed by atoms with Gasteiger partial charge < -0.3 is 20.1 Å². The minimum absolute atomic E-state index is 0.287. The number of aromatic nitrogens is 3. The van der Waals surface area contributed by atoms with Crippen molar-refractivity contribution in [1.82, 2.24) is 19.3 Å². The van der Waals surface area contributed by atoms with E-state index in [4.69, 9.17) is 20.2 Å². The highest BCUT2D eigenvalue weighted by Gasteiger charge is 2.35. The first-order valence-electron chi connectivity index (χ1n) is 11.7. The molecule has 5 rings (SSSR count). The highest BCUT2D eigenvalue weighted by Crippen LogP contribution is 2.41. The van der Waals surface area contributed by atoms with Gasteiger partial charge in [-0.15, -0.1) is 0 Å². The maximum absolute atomic E-state index is 6.33. The summed E-state index contributed by atoms with van der Waals surface area (Å²) in [4.78, 5) is 11.5. The van der Waals surface area contributed by atoms with Crippen LogP contribution in [0.3, 0.4) is 0 Å². The van der Waals surface area contributed by atoms with Gasteiger partial charge in [0.1, 0.15) is 35.2 Å². The third-order valence-electron chi connectivity index (χ3n) is 6.32. The lowest BCUT2D eigenvalue weighted by Gasteiger charge is -2.34. The van der Waals surface area contributed by atoms with Gasteiger partial charge in [-0.1, -0.05) is 42.5 Å². The number of nitrogen functional groups attached to an aromatic ring is 1. The zero-order valence-corrected chi connectivity index (χ0v) is 19.7. The van der Waals surface area contributed by atoms with Crippen LogP contribution in [-0.4, -0.2) is 52.6 Å². The van der Waals surface area contributed by atoms with Crippen LogP contribution < -0.4 is 10.5 Å². The Morgan fingerprint density at radius 1 is 1.09 bits per heavy atom. The lowest BCUT2D eigenvalue weighted by Crippen LogP contribution is -2.33. The molecule has 1 saturated carbocycles. The molecule has 176 valence electrons. The molecule has 1 aliphatic rings. The summed E-state index contributed by atoms with van der Waals surface area (Å²) >= 11 is 0. The number of hydrogen-bond acceptors (Lipinski definition) is 6. The molecule has 2 N–H and O–H groups in total. The maximum Gasteiger partial charge on any atom is 0.150 e. The summed E-state index contributed by atoms with van der Waals surface area (Å²) in [6.07, 6.45) is 5.91. The van der Waals surface area contributed by atoms with E-state index >= 15 is 0 Å². The van der Waals surface area contributed by atoms with Crippen LogP contribution >= 0.6 is 0 Å². The minimum Gasteiger partial charge on any atom is -0.489 e. The molecule has 0 atom stereocenters. The highest BCUT2D eigenvalue weighted by atomic mass is 16.5. The van der Waals surface area contributed by atoms with E-state index in [9.17, 15) is 0 Å². The van der Waals surface area contributed by atoms with Gasteiger partial charge in [0.25, 0.3) is 0 Å². The molecule has 0 spiro atoms. The number of hydrogen-bond donors (Lipinski definition) is 1. The number of rotatable bonds is 9. The molecule has 2 aromatic heterocycles. The Morgan fingerprint density at radius 3 is 2.71 bits per heavy atom. The summed E-state index contributed by atoms with van der Waals surface area (Å²) in [6, 6.07) is 18.2. The fraction of sp³-hybridized carbons (Fsp3) is 0.333. The molecule has 4 aromatic rings. The standard InChI is InChI=1S/C27H31N5O2/c1-31(2)13-14-33-23-16-21(17-23)27-30-24(25-26(28)29-11-12-32(25)27)20-9-6-10-22(15-20)34-18-19-7-4-3-5-8-19/h3-12,15,21,23H,13-14,16-18H2,1-2H3,(H2,28,29). The van der Waals surface area contributed by atoms with Gasteiger partial charge in [0.15, 0.2) is 0 Å². The Hall–Kier alpha value is -3.42. The molecular formula is C27H31N5O2. The lowest BCUT2D eigenvalue weighted by molar-refractivity contribution is -0.0167. The van der Waals surface area contributed by atoms with Crippen LogP contribution in [0.5, 0.6) is 5.75 Å². The van der Waals surface area contributed by atoms with Crippen LogP contribution in [-0.2, 0) is 11.3 Å². The molecule has 7 heteroatoms. The van der Waals surface area contributed by atoms with Crippen LogP contribution in [0.2, 0.25) is 0 Å². The molecule has 0 amide bonds. The van der Waals surface area contributed by atoms with E-state index in [1.807, 2.05) is 48.7 Å². The fourth-order valence-electron chi connectivity index (χ4n) is 4.36. The van der Waals surface area contributed by atoms with Crippen LogP contribution in [0.15, 0.2) is 67.0 Å². The summed E-state index contributed by atoms with van der Waals surface area (Å²) in [6.45, 7) is 2.20. The third kappa shape index (κ3) is 4.76. The molecule has 2 aromatic carbocycles. The number of nitrogens with two attached hydrogens (primary N) is 1. The van der Waals surface area contributed by atoms with Gasteiger partial charge in [0.2, 0.25) is 0 Å². The van der Waals surface area contributed by atoms with Crippen LogP contribution in [0.1, 0.15) is 30.1 Å². The predicted molar refractivity (Wildman–Crippen MR) is 134 cm³/mol. The number of likely N-dealkylation sites (N-methyl/N-ethyl adjacent to an activating group) is 1. The van der Waals surface area contributed by atoms with Crippen molar-refractivity contribution in [3.05, 3.63) is 78.4 Å². The van der Waals surface area contributed by atoms with E-state index in [2.05, 4.69) is 40.5 Å². The molecule has 0 bridgehead atoms. The van der Waals surface area contributed by atoms with E-state index in [0.29, 0.717) is 18.3 Å². The molecule has 1 fully saturated rings. The van der Waals surface area contributed by atoms with Crippen molar-refractivity contribution in [3.63, 3.8) is 0 Å². The Balaban J connectivity index is 1.37. The quantitative estimate of drug-likeness (QED) is 0.402. The smallest absolute Gasteiger partial charge is 0.150 e. The van der Waals surface area contributed by atoms with E-state index in [1.54, 1.807) is 6.20 Å². The van der Waals surface area contributed by atoms with E-state index < -0.39 is 0 Å². The zero-order chi connectivity index (χ0) is 23.5. The summed E-state index contributed by atoms with van der Waals surface area (Å²) in [5, 5.41) is 0. The molecule has 0 unspecified atom stereocenters. The SMILES string of the molecule is CN(C)CCOC1CC(c2nc(-c3cccc(OCc4ccccc4)c3)c3c(N)nccn23)C1. The highest BCUT2D eigenvalue weighted by molar-refractivity contribution is 5.85. The van der Waals surface area contributed by atoms with Gasteiger partial charge in [-0.25, -0.2) is 9.97 Å². The molecule has 0 saturated heterocycles. The average molecular weight is 458 g/mol. The van der Waals surface area contributed by atoms with E-state index in [0.717, 1.165) is 59.9 Å². The van der Waals surface area contributed by atoms with Crippen molar-refractivity contribution >= 4 is 11.3 Å². The van der Waals surface area contributed by atoms with Crippen LogP contribution in [0.25, 0.3) is 16.8 Å². The van der Waals surface area contributed by atoms with Crippen molar-refractivity contribution in [2.24, 2.45) is 0 Å². The number of ether oxygens (including phenoxy) is 2. The molecule has 0 radical (unpaired) electrons. The maximum atomic E-state index is 6.33. The van der Waals surface area contributed by atoms with Crippen molar-refractivity contribution in [2.75, 3.05) is 33.0 Å². The van der Waals surface area contributed by atoms with Crippen LogP contribution in [0.4, 0.5) is 5.82 Å². The predicted octanol–water partition coefficient (Wildman–Crippen LogP) is 4.38. The summed E-state index contributed by atoms with van der Waals surface area (Å²) in [5.74, 6) is 2.63. The molecule has 7 nitrogen and oxygen atoms in total. The van der Waals surface area contributed by atoms with Crippen LogP contribution in [0, 0.1) is 0 Å². The Morgan fingerprint density at radius 2 is 1.91 bits per heavy atom. The molecular weight excluding hydrogens is 426 g/mol. The van der Waals surface area contributed by atoms with E-state index in [1.165, 1.54) is 0 Å². The first kappa shape index (κ1) is 22.4. The Bertz CT molecular complexity index is 1250. The number of benzene rings is 2. The number of imidazole rings is 1. The number of anilines is 1. The monoisotopic (exact) mass is 457 g/mol. The van der Waals surface area contributed by atoms with E-state index in [-0.39, 0.29) is 6.10 Å². The number of nitrogens with zero attached hydrogens (tertiary/aromatic N) is 4. The molecule has 1 aliphatic carbocycles.